The number of hydrogen-bond donors (Lipinski definition) is 1. The molecule has 1 N–H and O–H groups in total. The quantitative estimate of drug-likeness (QED) is 0.770. The van der Waals surface area contributed by atoms with Gasteiger partial charge >= 0.3 is 5.97 Å². The highest BCUT2D eigenvalue weighted by Gasteiger charge is 2.18. The molecule has 0 radical (unpaired) electrons. The summed E-state index contributed by atoms with van der Waals surface area (Å²) in [5.41, 5.74) is 1.79. The van der Waals surface area contributed by atoms with Crippen molar-refractivity contribution in [3.63, 3.8) is 0 Å². The first-order chi connectivity index (χ1) is 13.0. The zero-order valence-corrected chi connectivity index (χ0v) is 17.8. The minimum atomic E-state index is -0.501. The average Bonchev–Trinajstić information content (AvgIpc) is 2.92. The molecule has 0 aliphatic heterocycles. The molecule has 1 heterocycles. The van der Waals surface area contributed by atoms with Gasteiger partial charge in [0, 0.05) is 11.5 Å². The molecule has 0 amide bonds. The topological polar surface area (TPSA) is 85.5 Å². The van der Waals surface area contributed by atoms with Gasteiger partial charge in [0.25, 0.3) is 5.56 Å². The normalized spacial score (nSPS) is 12.9. The Balaban J connectivity index is 2.39. The third-order valence-electron chi connectivity index (χ3n) is 4.02. The fraction of sp³-hybridized carbons (Fsp3) is 0.381. The molecule has 6 nitrogen and oxygen atoms in total. The van der Waals surface area contributed by atoms with E-state index in [1.54, 1.807) is 6.08 Å². The predicted molar refractivity (Wildman–Crippen MR) is 110 cm³/mol. The summed E-state index contributed by atoms with van der Waals surface area (Å²) in [7, 11) is 1.31. The number of aromatic nitrogens is 1. The molecule has 0 bridgehead atoms. The van der Waals surface area contributed by atoms with Gasteiger partial charge in [0.05, 0.1) is 16.3 Å². The number of ether oxygens (including phenoxy) is 2. The van der Waals surface area contributed by atoms with Gasteiger partial charge < -0.3 is 14.5 Å². The molecule has 0 atom stereocenters. The molecular weight excluding hydrogens is 378 g/mol. The molecule has 0 saturated heterocycles. The van der Waals surface area contributed by atoms with E-state index in [4.69, 9.17) is 4.74 Å². The highest BCUT2D eigenvalue weighted by Crippen LogP contribution is 2.25. The zero-order chi connectivity index (χ0) is 21.1. The molecular formula is C21H25NO5S. The van der Waals surface area contributed by atoms with Crippen LogP contribution in [0.1, 0.15) is 37.5 Å². The van der Waals surface area contributed by atoms with Crippen molar-refractivity contribution in [2.45, 2.75) is 34.6 Å². The van der Waals surface area contributed by atoms with Gasteiger partial charge in [0.15, 0.2) is 12.4 Å². The van der Waals surface area contributed by atoms with Crippen molar-refractivity contribution in [3.05, 3.63) is 48.4 Å². The molecule has 0 aliphatic carbocycles. The molecule has 0 aliphatic rings. The molecule has 0 fully saturated rings. The average molecular weight is 404 g/mol. The largest absolute Gasteiger partial charge is 0.481 e. The lowest BCUT2D eigenvalue weighted by Crippen LogP contribution is -2.22. The van der Waals surface area contributed by atoms with Crippen molar-refractivity contribution in [2.75, 3.05) is 13.7 Å². The van der Waals surface area contributed by atoms with Gasteiger partial charge in [0.2, 0.25) is 0 Å². The van der Waals surface area contributed by atoms with E-state index in [9.17, 15) is 14.4 Å². The lowest BCUT2D eigenvalue weighted by molar-refractivity contribution is -0.142. The molecule has 7 heteroatoms. The first-order valence-electron chi connectivity index (χ1n) is 8.79. The SMILES string of the molecule is COC(=O)COc1c(C)cc(/C=c2\s/c(=C\C(=O)C(C)(C)C)[nH]c2=O)cc1C. The smallest absolute Gasteiger partial charge is 0.343 e. The number of carbonyl (C=O) groups is 2. The zero-order valence-electron chi connectivity index (χ0n) is 17.0. The Bertz CT molecular complexity index is 1050. The number of carbonyl (C=O) groups excluding carboxylic acids is 2. The Morgan fingerprint density at radius 3 is 2.32 bits per heavy atom. The number of methoxy groups -OCH3 is 1. The maximum Gasteiger partial charge on any atom is 0.343 e. The van der Waals surface area contributed by atoms with Crippen molar-refractivity contribution in [3.8, 4) is 5.75 Å². The number of Topliss-reactive ketones (excluding diaryl/α,β-unsaturated/α-hetero) is 1. The summed E-state index contributed by atoms with van der Waals surface area (Å²) in [6.07, 6.45) is 3.25. The standard InChI is InChI=1S/C21H25NO5S/c1-12-7-14(8-13(2)19(12)27-11-18(24)26-6)9-15-20(25)22-17(28-15)10-16(23)21(3,4)5/h7-10H,11H2,1-6H3,(H,22,25)/b15-9-,17-10-. The van der Waals surface area contributed by atoms with E-state index >= 15 is 0 Å². The molecule has 0 saturated carbocycles. The summed E-state index contributed by atoms with van der Waals surface area (Å²) < 4.78 is 11.2. The number of aromatic amines is 1. The van der Waals surface area contributed by atoms with E-state index in [2.05, 4.69) is 9.72 Å². The van der Waals surface area contributed by atoms with Crippen LogP contribution in [0.15, 0.2) is 16.9 Å². The third kappa shape index (κ3) is 5.42. The van der Waals surface area contributed by atoms with E-state index in [1.165, 1.54) is 24.5 Å². The molecule has 2 rings (SSSR count). The Kier molecular flexibility index (Phi) is 6.61. The van der Waals surface area contributed by atoms with Crippen LogP contribution in [-0.4, -0.2) is 30.5 Å². The summed E-state index contributed by atoms with van der Waals surface area (Å²) in [6, 6.07) is 3.75. The molecule has 1 aromatic heterocycles. The molecule has 28 heavy (non-hydrogen) atoms. The second-order valence-electron chi connectivity index (χ2n) is 7.54. The van der Waals surface area contributed by atoms with Crippen molar-refractivity contribution in [1.82, 2.24) is 4.98 Å². The van der Waals surface area contributed by atoms with Gasteiger partial charge in [-0.25, -0.2) is 4.79 Å². The van der Waals surface area contributed by atoms with Crippen molar-refractivity contribution in [2.24, 2.45) is 5.41 Å². The van der Waals surface area contributed by atoms with Crippen LogP contribution in [0.5, 0.6) is 5.75 Å². The lowest BCUT2D eigenvalue weighted by Gasteiger charge is -2.12. The highest BCUT2D eigenvalue weighted by molar-refractivity contribution is 7.07. The van der Waals surface area contributed by atoms with Crippen LogP contribution in [0.4, 0.5) is 0 Å². The summed E-state index contributed by atoms with van der Waals surface area (Å²) in [6.45, 7) is 9.08. The number of hydrogen-bond acceptors (Lipinski definition) is 6. The lowest BCUT2D eigenvalue weighted by atomic mass is 9.91. The van der Waals surface area contributed by atoms with Crippen LogP contribution in [0.25, 0.3) is 12.2 Å². The number of H-pyrrole nitrogens is 1. The second kappa shape index (κ2) is 8.56. The fourth-order valence-electron chi connectivity index (χ4n) is 2.50. The van der Waals surface area contributed by atoms with Gasteiger partial charge in [-0.3, -0.25) is 9.59 Å². The monoisotopic (exact) mass is 403 g/mol. The van der Waals surface area contributed by atoms with E-state index in [0.717, 1.165) is 16.7 Å². The maximum absolute atomic E-state index is 12.2. The van der Waals surface area contributed by atoms with Crippen LogP contribution in [0, 0.1) is 19.3 Å². The summed E-state index contributed by atoms with van der Waals surface area (Å²) in [4.78, 5) is 38.4. The van der Waals surface area contributed by atoms with Gasteiger partial charge in [-0.1, -0.05) is 20.8 Å². The van der Waals surface area contributed by atoms with Crippen molar-refractivity contribution in [1.29, 1.82) is 0 Å². The van der Waals surface area contributed by atoms with Crippen LogP contribution in [-0.2, 0) is 14.3 Å². The van der Waals surface area contributed by atoms with Crippen molar-refractivity contribution < 1.29 is 19.1 Å². The molecule has 0 spiro atoms. The van der Waals surface area contributed by atoms with Gasteiger partial charge in [-0.15, -0.1) is 11.3 Å². The summed E-state index contributed by atoms with van der Waals surface area (Å²) >= 11 is 1.24. The Morgan fingerprint density at radius 1 is 1.18 bits per heavy atom. The first-order valence-corrected chi connectivity index (χ1v) is 9.61. The minimum Gasteiger partial charge on any atom is -0.481 e. The van der Waals surface area contributed by atoms with Crippen LogP contribution in [0.2, 0.25) is 0 Å². The molecule has 0 unspecified atom stereocenters. The Hall–Kier alpha value is -2.67. The van der Waals surface area contributed by atoms with Gasteiger partial charge in [0.1, 0.15) is 5.75 Å². The molecule has 2 aromatic rings. The van der Waals surface area contributed by atoms with Crippen LogP contribution in [0.3, 0.4) is 0 Å². The van der Waals surface area contributed by atoms with E-state index in [1.807, 2.05) is 46.8 Å². The summed E-state index contributed by atoms with van der Waals surface area (Å²) in [5.74, 6) is 0.121. The number of aryl methyl sites for hydroxylation is 2. The van der Waals surface area contributed by atoms with E-state index in [-0.39, 0.29) is 17.9 Å². The number of thiazole rings is 1. The van der Waals surface area contributed by atoms with Gasteiger partial charge in [-0.05, 0) is 48.7 Å². The predicted octanol–water partition coefficient (Wildman–Crippen LogP) is 1.83. The fourth-order valence-corrected chi connectivity index (χ4v) is 3.38. The van der Waals surface area contributed by atoms with Crippen molar-refractivity contribution >= 4 is 35.2 Å². The third-order valence-corrected chi connectivity index (χ3v) is 4.99. The highest BCUT2D eigenvalue weighted by atomic mass is 32.1. The van der Waals surface area contributed by atoms with Gasteiger partial charge in [-0.2, -0.15) is 0 Å². The van der Waals surface area contributed by atoms with E-state index < -0.39 is 11.4 Å². The van der Waals surface area contributed by atoms with Crippen LogP contribution >= 0.6 is 11.3 Å². The van der Waals surface area contributed by atoms with Crippen LogP contribution < -0.4 is 19.5 Å². The minimum absolute atomic E-state index is 0.0460. The molecule has 150 valence electrons. The first kappa shape index (κ1) is 21.6. The second-order valence-corrected chi connectivity index (χ2v) is 8.62. The number of rotatable bonds is 5. The molecule has 1 aromatic carbocycles. The number of benzene rings is 1. The number of nitrogens with one attached hydrogen (secondary N) is 1. The number of ketones is 1. The summed E-state index contributed by atoms with van der Waals surface area (Å²) in [5, 5.41) is 0. The van der Waals surface area contributed by atoms with E-state index in [0.29, 0.717) is 14.9 Å². The Morgan fingerprint density at radius 2 is 1.79 bits per heavy atom. The Labute approximate surface area is 167 Å². The number of esters is 1. The maximum atomic E-state index is 12.2.